The Bertz CT molecular complexity index is 2670. The van der Waals surface area contributed by atoms with Crippen molar-refractivity contribution >= 4 is 21.8 Å². The van der Waals surface area contributed by atoms with Crippen LogP contribution < -0.4 is 9.47 Å². The van der Waals surface area contributed by atoms with Crippen LogP contribution in [0.25, 0.3) is 72.5 Å². The Balaban J connectivity index is 1.21. The summed E-state index contributed by atoms with van der Waals surface area (Å²) >= 11 is 0. The number of ether oxygens (including phenoxy) is 2. The summed E-state index contributed by atoms with van der Waals surface area (Å²) in [7, 11) is 0. The van der Waals surface area contributed by atoms with Crippen molar-refractivity contribution in [2.24, 2.45) is 0 Å². The summed E-state index contributed by atoms with van der Waals surface area (Å²) in [5.41, 5.74) is 9.25. The van der Waals surface area contributed by atoms with E-state index in [2.05, 4.69) is 108 Å². The fourth-order valence-electron chi connectivity index (χ4n) is 6.98. The molecule has 5 nitrogen and oxygen atoms in total. The van der Waals surface area contributed by atoms with E-state index in [-0.39, 0.29) is 0 Å². The van der Waals surface area contributed by atoms with E-state index in [9.17, 15) is 0 Å². The summed E-state index contributed by atoms with van der Waals surface area (Å²) in [6.07, 6.45) is 0. The Morgan fingerprint density at radius 1 is 0.353 bits per heavy atom. The Hall–Kier alpha value is -6.98. The Kier molecular flexibility index (Phi) is 6.74. The molecule has 0 bridgehead atoms. The van der Waals surface area contributed by atoms with Crippen LogP contribution in [0.5, 0.6) is 23.0 Å². The summed E-state index contributed by atoms with van der Waals surface area (Å²) in [5.74, 6) is 4.10. The van der Waals surface area contributed by atoms with Gasteiger partial charge < -0.3 is 9.47 Å². The van der Waals surface area contributed by atoms with Crippen LogP contribution >= 0.6 is 0 Å². The van der Waals surface area contributed by atoms with Gasteiger partial charge >= 0.3 is 0 Å². The standard InChI is InChI=1S/C46H29N3O2/c1-5-13-30(14-6-1)34-21-23-39-36(25-34)37-27-43-44(51-42-26-35(22-24-41(42)50-43)31-15-7-2-8-16-31)29-40(37)49(39)45-28-38(32-17-9-3-10-18-32)47-46(48-45)33-19-11-4-12-20-33/h1-29H. The van der Waals surface area contributed by atoms with Crippen LogP contribution in [0, 0.1) is 0 Å². The van der Waals surface area contributed by atoms with Gasteiger partial charge in [-0.05, 0) is 52.6 Å². The predicted molar refractivity (Wildman–Crippen MR) is 205 cm³/mol. The first-order valence-electron chi connectivity index (χ1n) is 17.0. The monoisotopic (exact) mass is 655 g/mol. The van der Waals surface area contributed by atoms with Crippen molar-refractivity contribution in [2.75, 3.05) is 0 Å². The molecule has 1 aliphatic heterocycles. The molecule has 0 spiro atoms. The summed E-state index contributed by atoms with van der Waals surface area (Å²) < 4.78 is 15.4. The smallest absolute Gasteiger partial charge is 0.172 e. The van der Waals surface area contributed by atoms with E-state index in [1.807, 2.05) is 72.8 Å². The highest BCUT2D eigenvalue weighted by Crippen LogP contribution is 2.49. The van der Waals surface area contributed by atoms with Crippen molar-refractivity contribution in [1.82, 2.24) is 14.5 Å². The van der Waals surface area contributed by atoms with Crippen LogP contribution in [-0.4, -0.2) is 14.5 Å². The molecular weight excluding hydrogens is 627 g/mol. The van der Waals surface area contributed by atoms with E-state index in [1.54, 1.807) is 0 Å². The molecule has 51 heavy (non-hydrogen) atoms. The fraction of sp³-hybridized carbons (Fsp3) is 0. The molecule has 1 aliphatic rings. The second-order valence-electron chi connectivity index (χ2n) is 12.6. The third-order valence-electron chi connectivity index (χ3n) is 9.47. The molecule has 0 saturated heterocycles. The highest BCUT2D eigenvalue weighted by Gasteiger charge is 2.24. The van der Waals surface area contributed by atoms with Crippen LogP contribution in [0.1, 0.15) is 0 Å². The molecule has 2 aromatic heterocycles. The lowest BCUT2D eigenvalue weighted by Gasteiger charge is -2.22. The summed E-state index contributed by atoms with van der Waals surface area (Å²) in [5, 5.41) is 2.12. The van der Waals surface area contributed by atoms with Gasteiger partial charge in [-0.2, -0.15) is 0 Å². The average molecular weight is 656 g/mol. The van der Waals surface area contributed by atoms with Crippen molar-refractivity contribution < 1.29 is 9.47 Å². The van der Waals surface area contributed by atoms with Gasteiger partial charge in [0.15, 0.2) is 28.8 Å². The van der Waals surface area contributed by atoms with Crippen LogP contribution in [0.2, 0.25) is 0 Å². The third-order valence-corrected chi connectivity index (χ3v) is 9.47. The van der Waals surface area contributed by atoms with Gasteiger partial charge in [0.05, 0.1) is 16.7 Å². The van der Waals surface area contributed by atoms with Gasteiger partial charge in [-0.15, -0.1) is 0 Å². The lowest BCUT2D eigenvalue weighted by molar-refractivity contribution is 0.360. The van der Waals surface area contributed by atoms with Gasteiger partial charge in [-0.3, -0.25) is 4.57 Å². The second-order valence-corrected chi connectivity index (χ2v) is 12.6. The molecule has 9 aromatic rings. The number of aromatic nitrogens is 3. The van der Waals surface area contributed by atoms with E-state index in [1.165, 1.54) is 0 Å². The third kappa shape index (κ3) is 5.11. The first-order chi connectivity index (χ1) is 25.2. The van der Waals surface area contributed by atoms with E-state index < -0.39 is 0 Å². The zero-order valence-electron chi connectivity index (χ0n) is 27.4. The number of benzene rings is 7. The zero-order valence-corrected chi connectivity index (χ0v) is 27.4. The van der Waals surface area contributed by atoms with Crippen molar-refractivity contribution in [3.05, 3.63) is 176 Å². The van der Waals surface area contributed by atoms with E-state index >= 15 is 0 Å². The molecule has 7 aromatic carbocycles. The van der Waals surface area contributed by atoms with Crippen molar-refractivity contribution in [3.63, 3.8) is 0 Å². The first kappa shape index (κ1) is 29.0. The molecular formula is C46H29N3O2. The van der Waals surface area contributed by atoms with Gasteiger partial charge in [0.1, 0.15) is 5.82 Å². The maximum absolute atomic E-state index is 6.64. The minimum absolute atomic E-state index is 0.646. The number of hydrogen-bond donors (Lipinski definition) is 0. The number of nitrogens with zero attached hydrogens (tertiary/aromatic N) is 3. The lowest BCUT2D eigenvalue weighted by atomic mass is 10.0. The fourth-order valence-corrected chi connectivity index (χ4v) is 6.98. The quantitative estimate of drug-likeness (QED) is 0.185. The van der Waals surface area contributed by atoms with E-state index in [0.29, 0.717) is 28.8 Å². The highest BCUT2D eigenvalue weighted by atomic mass is 16.6. The van der Waals surface area contributed by atoms with Crippen molar-refractivity contribution in [2.45, 2.75) is 0 Å². The number of hydrogen-bond acceptors (Lipinski definition) is 4. The van der Waals surface area contributed by atoms with E-state index in [0.717, 1.165) is 66.7 Å². The molecule has 0 N–H and O–H groups in total. The van der Waals surface area contributed by atoms with Crippen LogP contribution in [0.3, 0.4) is 0 Å². The molecule has 240 valence electrons. The number of rotatable bonds is 5. The maximum atomic E-state index is 6.64. The van der Waals surface area contributed by atoms with Gasteiger partial charge in [0.2, 0.25) is 0 Å². The predicted octanol–water partition coefficient (Wildman–Crippen LogP) is 12.1. The molecule has 0 amide bonds. The van der Waals surface area contributed by atoms with Crippen LogP contribution in [0.4, 0.5) is 0 Å². The Labute approximate surface area is 294 Å². The van der Waals surface area contributed by atoms with Gasteiger partial charge in [-0.1, -0.05) is 133 Å². The molecule has 0 unspecified atom stereocenters. The van der Waals surface area contributed by atoms with Gasteiger partial charge in [-0.25, -0.2) is 9.97 Å². The minimum atomic E-state index is 0.646. The molecule has 3 heterocycles. The molecule has 0 atom stereocenters. The minimum Gasteiger partial charge on any atom is -0.449 e. The SMILES string of the molecule is c1ccc(-c2ccc3c(c2)Oc2cc4c(cc2O3)c2cc(-c3ccccc3)ccc2n4-c2cc(-c3ccccc3)nc(-c3ccccc3)n2)cc1. The van der Waals surface area contributed by atoms with Crippen molar-refractivity contribution in [1.29, 1.82) is 0 Å². The van der Waals surface area contributed by atoms with Crippen molar-refractivity contribution in [3.8, 4) is 73.7 Å². The Morgan fingerprint density at radius 3 is 1.57 bits per heavy atom. The summed E-state index contributed by atoms with van der Waals surface area (Å²) in [6.45, 7) is 0. The summed E-state index contributed by atoms with van der Waals surface area (Å²) in [4.78, 5) is 10.3. The normalized spacial score (nSPS) is 11.8. The summed E-state index contributed by atoms with van der Waals surface area (Å²) in [6, 6.07) is 60.2. The number of fused-ring (bicyclic) bond motifs is 5. The highest BCUT2D eigenvalue weighted by molar-refractivity contribution is 6.11. The average Bonchev–Trinajstić information content (AvgIpc) is 3.52. The molecule has 0 saturated carbocycles. The largest absolute Gasteiger partial charge is 0.449 e. The second kappa shape index (κ2) is 11.9. The van der Waals surface area contributed by atoms with Gasteiger partial charge in [0, 0.05) is 34.0 Å². The topological polar surface area (TPSA) is 49.2 Å². The molecule has 10 rings (SSSR count). The molecule has 0 fully saturated rings. The van der Waals surface area contributed by atoms with Crippen LogP contribution in [0.15, 0.2) is 176 Å². The lowest BCUT2D eigenvalue weighted by Crippen LogP contribution is -2.03. The van der Waals surface area contributed by atoms with Crippen LogP contribution in [-0.2, 0) is 0 Å². The molecule has 5 heteroatoms. The first-order valence-corrected chi connectivity index (χ1v) is 17.0. The Morgan fingerprint density at radius 2 is 0.882 bits per heavy atom. The van der Waals surface area contributed by atoms with Gasteiger partial charge in [0.25, 0.3) is 0 Å². The molecule has 0 aliphatic carbocycles. The maximum Gasteiger partial charge on any atom is 0.172 e. The molecule has 0 radical (unpaired) electrons. The van der Waals surface area contributed by atoms with E-state index in [4.69, 9.17) is 19.4 Å². The zero-order chi connectivity index (χ0) is 33.7.